The Morgan fingerprint density at radius 2 is 1.48 bits per heavy atom. The van der Waals surface area contributed by atoms with E-state index >= 15 is 0 Å². The molecule has 5 aliphatic rings. The minimum Gasteiger partial charge on any atom is -0.335 e. The number of benzene rings is 2. The lowest BCUT2D eigenvalue weighted by Gasteiger charge is -2.54. The van der Waals surface area contributed by atoms with E-state index in [0.717, 1.165) is 79.1 Å². The zero-order valence-corrected chi connectivity index (χ0v) is 27.9. The highest BCUT2D eigenvalue weighted by Gasteiger charge is 2.47. The number of amides is 1. The van der Waals surface area contributed by atoms with Crippen molar-refractivity contribution in [3.63, 3.8) is 0 Å². The van der Waals surface area contributed by atoms with Crippen molar-refractivity contribution < 1.29 is 4.79 Å². The third kappa shape index (κ3) is 6.19. The molecule has 0 N–H and O–H groups in total. The third-order valence-corrected chi connectivity index (χ3v) is 12.0. The van der Waals surface area contributed by atoms with Crippen LogP contribution in [0, 0.1) is 36.5 Å². The van der Waals surface area contributed by atoms with Gasteiger partial charge in [-0.3, -0.25) is 9.69 Å². The number of carbonyl (C=O) groups is 1. The molecule has 4 bridgehead atoms. The molecule has 4 aliphatic carbocycles. The molecule has 1 aliphatic heterocycles. The molecule has 2 heterocycles. The molecule has 44 heavy (non-hydrogen) atoms. The van der Waals surface area contributed by atoms with Crippen LogP contribution in [0.25, 0.3) is 16.9 Å². The van der Waals surface area contributed by atoms with Gasteiger partial charge in [-0.05, 0) is 118 Å². The number of piperazine rings is 1. The fourth-order valence-electron chi connectivity index (χ4n) is 9.20. The molecule has 8 heteroatoms. The Morgan fingerprint density at radius 1 is 0.818 bits per heavy atom. The smallest absolute Gasteiger partial charge is 0.274 e. The number of hydrogen-bond donors (Lipinski definition) is 0. The summed E-state index contributed by atoms with van der Waals surface area (Å²) in [4.78, 5) is 18.3. The number of carbonyl (C=O) groups excluding carboxylic acids is 1. The standard InChI is InChI=1S/C36H43Cl3N4O/c1-23-34(40-43(33-11-10-30(38)22-32(33)39)35(23)26-6-8-29(37)9-7-26)36(44)42-15-13-41(14-16-42)12-4-2-3-5-31-27-18-24-17-25(20-27)21-28(31)19-24/h6-11,22,24-25,27-28,31H,2-5,12-21H2,1H3/t24-,25+,27-,28+,31?. The molecule has 1 amide bonds. The van der Waals surface area contributed by atoms with Crippen LogP contribution in [-0.4, -0.2) is 58.2 Å². The lowest BCUT2D eigenvalue weighted by molar-refractivity contribution is -0.0405. The van der Waals surface area contributed by atoms with Gasteiger partial charge in [-0.1, -0.05) is 59.8 Å². The fourth-order valence-corrected chi connectivity index (χ4v) is 9.81. The molecule has 0 atom stereocenters. The van der Waals surface area contributed by atoms with Gasteiger partial charge in [0.05, 0.1) is 16.4 Å². The van der Waals surface area contributed by atoms with E-state index in [4.69, 9.17) is 39.9 Å². The van der Waals surface area contributed by atoms with Gasteiger partial charge in [0.1, 0.15) is 0 Å². The second-order valence-electron chi connectivity index (χ2n) is 13.9. The van der Waals surface area contributed by atoms with Gasteiger partial charge >= 0.3 is 0 Å². The Labute approximate surface area is 276 Å². The van der Waals surface area contributed by atoms with E-state index in [1.807, 2.05) is 42.2 Å². The summed E-state index contributed by atoms with van der Waals surface area (Å²) in [6, 6.07) is 12.9. The van der Waals surface area contributed by atoms with Crippen molar-refractivity contribution >= 4 is 40.7 Å². The van der Waals surface area contributed by atoms with E-state index in [9.17, 15) is 4.79 Å². The molecular formula is C36H43Cl3N4O. The zero-order chi connectivity index (χ0) is 30.4. The van der Waals surface area contributed by atoms with Gasteiger partial charge in [0, 0.05) is 47.4 Å². The normalized spacial score (nSPS) is 26.5. The first kappa shape index (κ1) is 30.6. The molecular weight excluding hydrogens is 611 g/mol. The van der Waals surface area contributed by atoms with E-state index < -0.39 is 0 Å². The zero-order valence-electron chi connectivity index (χ0n) is 25.7. The maximum Gasteiger partial charge on any atom is 0.274 e. The number of rotatable bonds is 9. The predicted molar refractivity (Wildman–Crippen MR) is 180 cm³/mol. The molecule has 2 aromatic carbocycles. The Balaban J connectivity index is 0.954. The lowest BCUT2D eigenvalue weighted by Crippen LogP contribution is -2.49. The number of aromatic nitrogens is 2. The molecule has 0 unspecified atom stereocenters. The second kappa shape index (κ2) is 13.0. The average Bonchev–Trinajstić information content (AvgIpc) is 3.34. The van der Waals surface area contributed by atoms with Crippen molar-refractivity contribution in [2.24, 2.45) is 29.6 Å². The van der Waals surface area contributed by atoms with Gasteiger partial charge in [-0.2, -0.15) is 5.10 Å². The van der Waals surface area contributed by atoms with E-state index in [2.05, 4.69) is 4.90 Å². The van der Waals surface area contributed by atoms with Crippen LogP contribution < -0.4 is 0 Å². The first-order chi connectivity index (χ1) is 21.3. The largest absolute Gasteiger partial charge is 0.335 e. The van der Waals surface area contributed by atoms with E-state index in [1.165, 1.54) is 51.4 Å². The van der Waals surface area contributed by atoms with E-state index in [-0.39, 0.29) is 5.91 Å². The van der Waals surface area contributed by atoms with E-state index in [1.54, 1.807) is 23.2 Å². The fraction of sp³-hybridized carbons (Fsp3) is 0.556. The SMILES string of the molecule is Cc1c(C(=O)N2CCN(CCCCCC3[C@H]4C[C@@H]5C[C@@H](C[C@H]3C5)C4)CC2)nn(-c2ccc(Cl)cc2Cl)c1-c1ccc(Cl)cc1. The summed E-state index contributed by atoms with van der Waals surface area (Å²) in [5.41, 5.74) is 3.69. The summed E-state index contributed by atoms with van der Waals surface area (Å²) in [5, 5.41) is 6.52. The third-order valence-electron chi connectivity index (χ3n) is 11.2. The summed E-state index contributed by atoms with van der Waals surface area (Å²) >= 11 is 19.0. The summed E-state index contributed by atoms with van der Waals surface area (Å²) in [6.07, 6.45) is 13.1. The monoisotopic (exact) mass is 652 g/mol. The minimum absolute atomic E-state index is 0.0307. The predicted octanol–water partition coefficient (Wildman–Crippen LogP) is 9.20. The Morgan fingerprint density at radius 3 is 2.14 bits per heavy atom. The van der Waals surface area contributed by atoms with Crippen LogP contribution in [0.5, 0.6) is 0 Å². The molecule has 0 radical (unpaired) electrons. The molecule has 0 spiro atoms. The van der Waals surface area contributed by atoms with Crippen LogP contribution in [-0.2, 0) is 0 Å². The Bertz CT molecular complexity index is 1470. The molecule has 5 nitrogen and oxygen atoms in total. The van der Waals surface area contributed by atoms with Gasteiger partial charge in [-0.15, -0.1) is 0 Å². The molecule has 1 aromatic heterocycles. The van der Waals surface area contributed by atoms with Gasteiger partial charge in [0.15, 0.2) is 5.69 Å². The lowest BCUT2D eigenvalue weighted by atomic mass is 9.51. The maximum atomic E-state index is 13.9. The number of hydrogen-bond acceptors (Lipinski definition) is 3. The van der Waals surface area contributed by atoms with Gasteiger partial charge < -0.3 is 4.90 Å². The van der Waals surface area contributed by atoms with Crippen molar-refractivity contribution in [2.75, 3.05) is 32.7 Å². The number of nitrogens with zero attached hydrogens (tertiary/aromatic N) is 4. The quantitative estimate of drug-likeness (QED) is 0.216. The van der Waals surface area contributed by atoms with Crippen LogP contribution >= 0.6 is 34.8 Å². The molecule has 234 valence electrons. The van der Waals surface area contributed by atoms with Crippen LogP contribution in [0.3, 0.4) is 0 Å². The summed E-state index contributed by atoms with van der Waals surface area (Å²) in [5.74, 6) is 5.25. The topological polar surface area (TPSA) is 41.4 Å². The van der Waals surface area contributed by atoms with Crippen molar-refractivity contribution in [3.05, 3.63) is 68.8 Å². The molecule has 3 aromatic rings. The Hall–Kier alpha value is -2.05. The van der Waals surface area contributed by atoms with Crippen LogP contribution in [0.15, 0.2) is 42.5 Å². The van der Waals surface area contributed by atoms with Crippen molar-refractivity contribution in [1.29, 1.82) is 0 Å². The maximum absolute atomic E-state index is 13.9. The number of halogens is 3. The summed E-state index contributed by atoms with van der Waals surface area (Å²) in [7, 11) is 0. The summed E-state index contributed by atoms with van der Waals surface area (Å²) in [6.45, 7) is 6.35. The van der Waals surface area contributed by atoms with Gasteiger partial charge in [0.25, 0.3) is 5.91 Å². The molecule has 4 saturated carbocycles. The first-order valence-electron chi connectivity index (χ1n) is 16.7. The molecule has 1 saturated heterocycles. The van der Waals surface area contributed by atoms with Gasteiger partial charge in [0.2, 0.25) is 0 Å². The van der Waals surface area contributed by atoms with Crippen LogP contribution in [0.2, 0.25) is 15.1 Å². The highest BCUT2D eigenvalue weighted by atomic mass is 35.5. The Kier molecular flexibility index (Phi) is 9.03. The van der Waals surface area contributed by atoms with Gasteiger partial charge in [-0.25, -0.2) is 4.68 Å². The first-order valence-corrected chi connectivity index (χ1v) is 17.8. The van der Waals surface area contributed by atoms with Crippen LogP contribution in [0.1, 0.15) is 73.8 Å². The number of unbranched alkanes of at least 4 members (excludes halogenated alkanes) is 2. The highest BCUT2D eigenvalue weighted by Crippen LogP contribution is 2.57. The molecule has 5 fully saturated rings. The van der Waals surface area contributed by atoms with Crippen molar-refractivity contribution in [2.45, 2.75) is 64.7 Å². The molecule has 8 rings (SSSR count). The summed E-state index contributed by atoms with van der Waals surface area (Å²) < 4.78 is 1.77. The van der Waals surface area contributed by atoms with E-state index in [0.29, 0.717) is 26.4 Å². The van der Waals surface area contributed by atoms with Crippen molar-refractivity contribution in [1.82, 2.24) is 19.6 Å². The van der Waals surface area contributed by atoms with Crippen molar-refractivity contribution in [3.8, 4) is 16.9 Å². The minimum atomic E-state index is -0.0307. The second-order valence-corrected chi connectivity index (χ2v) is 15.2. The highest BCUT2D eigenvalue weighted by molar-refractivity contribution is 6.35. The van der Waals surface area contributed by atoms with Crippen LogP contribution in [0.4, 0.5) is 0 Å². The average molecular weight is 654 g/mol.